The van der Waals surface area contributed by atoms with Gasteiger partial charge in [-0.2, -0.15) is 0 Å². The SMILES string of the molecule is O=C(c1ccccc1)N1CCN(Cc2c(-c3ccc([N+](=O)[O-])cc3)nc3ccc(-c4cccc(Cl)c4)cn23)CC1. The summed E-state index contributed by atoms with van der Waals surface area (Å²) in [6.45, 7) is 3.31. The normalized spacial score (nSPS) is 14.0. The van der Waals surface area contributed by atoms with Crippen LogP contribution in [0.3, 0.4) is 0 Å². The molecule has 0 aliphatic carbocycles. The second-order valence-corrected chi connectivity index (χ2v) is 10.2. The van der Waals surface area contributed by atoms with Crippen LogP contribution in [0, 0.1) is 10.1 Å². The number of aromatic nitrogens is 2. The maximum Gasteiger partial charge on any atom is 0.269 e. The number of nitro benzene ring substituents is 1. The van der Waals surface area contributed by atoms with Crippen LogP contribution in [-0.2, 0) is 6.54 Å². The van der Waals surface area contributed by atoms with Crippen molar-refractivity contribution in [2.75, 3.05) is 26.2 Å². The number of benzene rings is 3. The highest BCUT2D eigenvalue weighted by molar-refractivity contribution is 6.30. The molecule has 0 atom stereocenters. The highest BCUT2D eigenvalue weighted by Gasteiger charge is 2.25. The average Bonchev–Trinajstić information content (AvgIpc) is 3.35. The van der Waals surface area contributed by atoms with Crippen LogP contribution in [0.5, 0.6) is 0 Å². The van der Waals surface area contributed by atoms with E-state index in [9.17, 15) is 14.9 Å². The van der Waals surface area contributed by atoms with Crippen molar-refractivity contribution in [1.82, 2.24) is 19.2 Å². The number of hydrogen-bond acceptors (Lipinski definition) is 5. The molecule has 200 valence electrons. The smallest absolute Gasteiger partial charge is 0.269 e. The minimum atomic E-state index is -0.401. The summed E-state index contributed by atoms with van der Waals surface area (Å²) in [4.78, 5) is 32.9. The van der Waals surface area contributed by atoms with E-state index in [1.807, 2.05) is 71.6 Å². The number of rotatable bonds is 6. The maximum absolute atomic E-state index is 12.9. The molecule has 1 saturated heterocycles. The van der Waals surface area contributed by atoms with Gasteiger partial charge in [0.2, 0.25) is 0 Å². The number of piperazine rings is 1. The minimum Gasteiger partial charge on any atom is -0.336 e. The Hall–Kier alpha value is -4.53. The Morgan fingerprint density at radius 2 is 1.57 bits per heavy atom. The number of imidazole rings is 1. The highest BCUT2D eigenvalue weighted by Crippen LogP contribution is 2.30. The zero-order chi connectivity index (χ0) is 27.6. The van der Waals surface area contributed by atoms with E-state index < -0.39 is 4.92 Å². The number of nitro groups is 1. The number of fused-ring (bicyclic) bond motifs is 1. The molecule has 1 fully saturated rings. The van der Waals surface area contributed by atoms with E-state index >= 15 is 0 Å². The Labute approximate surface area is 236 Å². The number of non-ortho nitro benzene ring substituents is 1. The number of carbonyl (C=O) groups is 1. The van der Waals surface area contributed by atoms with Crippen molar-refractivity contribution in [1.29, 1.82) is 0 Å². The van der Waals surface area contributed by atoms with Gasteiger partial charge in [-0.25, -0.2) is 4.98 Å². The Kier molecular flexibility index (Phi) is 7.02. The summed E-state index contributed by atoms with van der Waals surface area (Å²) in [6.07, 6.45) is 2.06. The molecule has 1 amide bonds. The summed E-state index contributed by atoms with van der Waals surface area (Å²) in [6, 6.07) is 27.6. The lowest BCUT2D eigenvalue weighted by Crippen LogP contribution is -2.48. The zero-order valence-electron chi connectivity index (χ0n) is 21.6. The van der Waals surface area contributed by atoms with Gasteiger partial charge < -0.3 is 9.30 Å². The van der Waals surface area contributed by atoms with Crippen LogP contribution < -0.4 is 0 Å². The minimum absolute atomic E-state index is 0.0384. The van der Waals surface area contributed by atoms with Gasteiger partial charge in [0.05, 0.1) is 16.3 Å². The third-order valence-corrected chi connectivity index (χ3v) is 7.52. The zero-order valence-corrected chi connectivity index (χ0v) is 22.4. The fourth-order valence-electron chi connectivity index (χ4n) is 5.14. The third kappa shape index (κ3) is 5.19. The molecule has 8 nitrogen and oxygen atoms in total. The third-order valence-electron chi connectivity index (χ3n) is 7.28. The molecule has 0 bridgehead atoms. The monoisotopic (exact) mass is 551 g/mol. The number of carbonyl (C=O) groups excluding carboxylic acids is 1. The summed E-state index contributed by atoms with van der Waals surface area (Å²) in [7, 11) is 0. The summed E-state index contributed by atoms with van der Waals surface area (Å²) >= 11 is 6.26. The molecule has 3 aromatic carbocycles. The number of nitrogens with zero attached hydrogens (tertiary/aromatic N) is 5. The lowest BCUT2D eigenvalue weighted by molar-refractivity contribution is -0.384. The van der Waals surface area contributed by atoms with E-state index in [1.165, 1.54) is 12.1 Å². The molecule has 5 aromatic rings. The van der Waals surface area contributed by atoms with Crippen LogP contribution in [0.15, 0.2) is 97.2 Å². The largest absolute Gasteiger partial charge is 0.336 e. The van der Waals surface area contributed by atoms with E-state index in [4.69, 9.17) is 16.6 Å². The van der Waals surface area contributed by atoms with Crippen LogP contribution in [0.1, 0.15) is 16.1 Å². The molecule has 0 saturated carbocycles. The van der Waals surface area contributed by atoms with Crippen molar-refractivity contribution in [2.45, 2.75) is 6.54 Å². The highest BCUT2D eigenvalue weighted by atomic mass is 35.5. The van der Waals surface area contributed by atoms with Crippen molar-refractivity contribution < 1.29 is 9.72 Å². The van der Waals surface area contributed by atoms with Gasteiger partial charge in [-0.3, -0.25) is 19.8 Å². The molecule has 0 N–H and O–H groups in total. The first-order valence-corrected chi connectivity index (χ1v) is 13.4. The molecular formula is C31H26ClN5O3. The van der Waals surface area contributed by atoms with Gasteiger partial charge in [-0.05, 0) is 59.7 Å². The first-order chi connectivity index (χ1) is 19.5. The summed E-state index contributed by atoms with van der Waals surface area (Å²) in [5.41, 5.74) is 6.10. The standard InChI is InChI=1S/C31H26ClN5O3/c32-26-8-4-7-24(19-26)25-11-14-29-33-30(22-9-12-27(13-10-22)37(39)40)28(36(29)20-25)21-34-15-17-35(18-16-34)31(38)23-5-2-1-3-6-23/h1-14,19-20H,15-18,21H2. The molecule has 40 heavy (non-hydrogen) atoms. The van der Waals surface area contributed by atoms with Crippen molar-refractivity contribution in [2.24, 2.45) is 0 Å². The van der Waals surface area contributed by atoms with Crippen molar-refractivity contribution in [3.63, 3.8) is 0 Å². The van der Waals surface area contributed by atoms with Gasteiger partial charge in [0, 0.05) is 67.2 Å². The summed E-state index contributed by atoms with van der Waals surface area (Å²) < 4.78 is 2.09. The van der Waals surface area contributed by atoms with Gasteiger partial charge in [0.1, 0.15) is 5.65 Å². The van der Waals surface area contributed by atoms with Crippen molar-refractivity contribution in [3.05, 3.63) is 124 Å². The summed E-state index contributed by atoms with van der Waals surface area (Å²) in [5.74, 6) is 0.0489. The number of amides is 1. The van der Waals surface area contributed by atoms with Crippen molar-refractivity contribution >= 4 is 28.8 Å². The molecule has 3 heterocycles. The molecule has 0 radical (unpaired) electrons. The molecule has 2 aromatic heterocycles. The van der Waals surface area contributed by atoms with Gasteiger partial charge in [0.25, 0.3) is 11.6 Å². The average molecular weight is 552 g/mol. The lowest BCUT2D eigenvalue weighted by Gasteiger charge is -2.34. The molecule has 0 spiro atoms. The predicted molar refractivity (Wildman–Crippen MR) is 155 cm³/mol. The molecule has 9 heteroatoms. The van der Waals surface area contributed by atoms with Crippen molar-refractivity contribution in [3.8, 4) is 22.4 Å². The van der Waals surface area contributed by atoms with E-state index in [2.05, 4.69) is 15.5 Å². The molecule has 1 aliphatic rings. The quantitative estimate of drug-likeness (QED) is 0.186. The number of pyridine rings is 1. The van der Waals surface area contributed by atoms with Gasteiger partial charge in [0.15, 0.2) is 0 Å². The fraction of sp³-hybridized carbons (Fsp3) is 0.161. The Morgan fingerprint density at radius 1 is 0.850 bits per heavy atom. The summed E-state index contributed by atoms with van der Waals surface area (Å²) in [5, 5.41) is 11.9. The Morgan fingerprint density at radius 3 is 2.27 bits per heavy atom. The second kappa shape index (κ2) is 10.9. The number of halogens is 1. The van der Waals surface area contributed by atoms with Gasteiger partial charge in [-0.1, -0.05) is 41.9 Å². The van der Waals surface area contributed by atoms with E-state index in [-0.39, 0.29) is 11.6 Å². The van der Waals surface area contributed by atoms with Crippen LogP contribution in [0.4, 0.5) is 5.69 Å². The first-order valence-electron chi connectivity index (χ1n) is 13.0. The van der Waals surface area contributed by atoms with Gasteiger partial charge >= 0.3 is 0 Å². The number of hydrogen-bond donors (Lipinski definition) is 0. The molecule has 0 unspecified atom stereocenters. The maximum atomic E-state index is 12.9. The van der Waals surface area contributed by atoms with Crippen LogP contribution in [0.25, 0.3) is 28.0 Å². The van der Waals surface area contributed by atoms with Gasteiger partial charge in [-0.15, -0.1) is 0 Å². The predicted octanol–water partition coefficient (Wildman–Crippen LogP) is 6.19. The Balaban J connectivity index is 1.32. The second-order valence-electron chi connectivity index (χ2n) is 9.80. The van der Waals surface area contributed by atoms with Crippen LogP contribution in [0.2, 0.25) is 5.02 Å². The fourth-order valence-corrected chi connectivity index (χ4v) is 5.33. The molecule has 6 rings (SSSR count). The van der Waals surface area contributed by atoms with E-state index in [0.717, 1.165) is 46.8 Å². The first kappa shape index (κ1) is 25.7. The lowest BCUT2D eigenvalue weighted by atomic mass is 10.1. The van der Waals surface area contributed by atoms with E-state index in [0.29, 0.717) is 30.2 Å². The molecule has 1 aliphatic heterocycles. The van der Waals surface area contributed by atoms with Crippen LogP contribution >= 0.6 is 11.6 Å². The van der Waals surface area contributed by atoms with Crippen LogP contribution in [-0.4, -0.2) is 56.2 Å². The van der Waals surface area contributed by atoms with E-state index in [1.54, 1.807) is 12.1 Å². The molecular weight excluding hydrogens is 526 g/mol. The topological polar surface area (TPSA) is 84.0 Å². The Bertz CT molecular complexity index is 1690.